The van der Waals surface area contributed by atoms with Crippen LogP contribution in [-0.2, 0) is 14.2 Å². The molecule has 1 aromatic carbocycles. The predicted octanol–water partition coefficient (Wildman–Crippen LogP) is -2.75. The van der Waals surface area contributed by atoms with E-state index in [4.69, 9.17) is 30.5 Å². The second kappa shape index (κ2) is 10.7. The second-order valence-electron chi connectivity index (χ2n) is 7.49. The summed E-state index contributed by atoms with van der Waals surface area (Å²) in [4.78, 5) is 10.2. The highest BCUT2D eigenvalue weighted by atomic mass is 35.5. The van der Waals surface area contributed by atoms with Gasteiger partial charge in [-0.3, -0.25) is 10.1 Å². The maximum absolute atomic E-state index is 10.8. The molecule has 2 aliphatic rings. The highest BCUT2D eigenvalue weighted by molar-refractivity contribution is 6.32. The lowest BCUT2D eigenvalue weighted by Gasteiger charge is -2.45. The quantitative estimate of drug-likeness (QED) is 0.150. The summed E-state index contributed by atoms with van der Waals surface area (Å²) in [5, 5.41) is 80.5. The maximum Gasteiger partial charge on any atom is 0.271 e. The average molecular weight is 498 g/mol. The van der Waals surface area contributed by atoms with E-state index in [1.807, 2.05) is 0 Å². The third-order valence-corrected chi connectivity index (χ3v) is 5.63. The molecule has 14 nitrogen and oxygen atoms in total. The molecule has 2 fully saturated rings. The number of nitro benzene ring substituents is 1. The van der Waals surface area contributed by atoms with Gasteiger partial charge in [-0.2, -0.15) is 0 Å². The summed E-state index contributed by atoms with van der Waals surface area (Å²) in [7, 11) is 0. The normalized spacial score (nSPS) is 39.3. The van der Waals surface area contributed by atoms with Crippen molar-refractivity contribution < 1.29 is 59.6 Å². The lowest BCUT2D eigenvalue weighted by atomic mass is 9.97. The first-order valence-electron chi connectivity index (χ1n) is 9.78. The van der Waals surface area contributed by atoms with E-state index in [2.05, 4.69) is 0 Å². The summed E-state index contributed by atoms with van der Waals surface area (Å²) >= 11 is 5.96. The molecule has 0 aliphatic carbocycles. The summed E-state index contributed by atoms with van der Waals surface area (Å²) in [6.07, 6.45) is -16.1. The van der Waals surface area contributed by atoms with E-state index in [0.29, 0.717) is 0 Å². The first-order valence-corrected chi connectivity index (χ1v) is 10.2. The minimum absolute atomic E-state index is 0.108. The van der Waals surface area contributed by atoms with Crippen molar-refractivity contribution in [3.8, 4) is 5.75 Å². The molecule has 0 radical (unpaired) electrons. The van der Waals surface area contributed by atoms with E-state index in [9.17, 15) is 45.9 Å². The summed E-state index contributed by atoms with van der Waals surface area (Å²) in [5.41, 5.74) is -0.307. The molecule has 15 heteroatoms. The molecule has 33 heavy (non-hydrogen) atoms. The number of ether oxygens (including phenoxy) is 4. The zero-order valence-corrected chi connectivity index (χ0v) is 17.6. The molecule has 0 aromatic heterocycles. The molecule has 0 unspecified atom stereocenters. The zero-order chi connectivity index (χ0) is 24.4. The van der Waals surface area contributed by atoms with Crippen molar-refractivity contribution in [2.75, 3.05) is 13.2 Å². The highest BCUT2D eigenvalue weighted by Gasteiger charge is 2.51. The number of hydrogen-bond acceptors (Lipinski definition) is 13. The Bertz CT molecular complexity index is 827. The molecule has 2 aliphatic heterocycles. The Morgan fingerprint density at radius 2 is 1.52 bits per heavy atom. The van der Waals surface area contributed by atoms with Crippen LogP contribution in [0.25, 0.3) is 0 Å². The summed E-state index contributed by atoms with van der Waals surface area (Å²) in [5.74, 6) is -0.108. The molecule has 2 saturated heterocycles. The van der Waals surface area contributed by atoms with E-state index >= 15 is 0 Å². The lowest BCUT2D eigenvalue weighted by molar-refractivity contribution is -0.384. The number of aliphatic hydroxyl groups excluding tert-OH is 7. The van der Waals surface area contributed by atoms with Crippen molar-refractivity contribution in [3.63, 3.8) is 0 Å². The topological polar surface area (TPSA) is 222 Å². The van der Waals surface area contributed by atoms with Gasteiger partial charge < -0.3 is 54.7 Å². The number of non-ortho nitro benzene ring substituents is 1. The third kappa shape index (κ3) is 5.36. The van der Waals surface area contributed by atoms with Crippen LogP contribution < -0.4 is 4.74 Å². The molecule has 0 bridgehead atoms. The predicted molar refractivity (Wildman–Crippen MR) is 105 cm³/mol. The Kier molecular flexibility index (Phi) is 8.41. The molecule has 1 aromatic rings. The molecule has 0 amide bonds. The van der Waals surface area contributed by atoms with Crippen molar-refractivity contribution in [2.45, 2.75) is 61.4 Å². The molecular formula is C18H24ClNO13. The molecule has 7 N–H and O–H groups in total. The Balaban J connectivity index is 1.73. The van der Waals surface area contributed by atoms with Crippen LogP contribution >= 0.6 is 11.6 Å². The van der Waals surface area contributed by atoms with Crippen LogP contribution in [-0.4, -0.2) is 115 Å². The van der Waals surface area contributed by atoms with Gasteiger partial charge in [-0.05, 0) is 6.07 Å². The zero-order valence-electron chi connectivity index (χ0n) is 16.8. The summed E-state index contributed by atoms with van der Waals surface area (Å²) in [6.45, 7) is -1.47. The Labute approximate surface area is 191 Å². The number of aliphatic hydroxyl groups is 7. The molecule has 0 saturated carbocycles. The number of hydrogen-bond donors (Lipinski definition) is 7. The molecule has 0 spiro atoms. The van der Waals surface area contributed by atoms with Crippen LogP contribution in [0.2, 0.25) is 5.02 Å². The van der Waals surface area contributed by atoms with Crippen LogP contribution in [0.15, 0.2) is 18.2 Å². The fourth-order valence-corrected chi connectivity index (χ4v) is 3.70. The fraction of sp³-hybridized carbons (Fsp3) is 0.667. The number of rotatable bonds is 7. The van der Waals surface area contributed by atoms with E-state index in [0.717, 1.165) is 18.2 Å². The van der Waals surface area contributed by atoms with Gasteiger partial charge in [0.2, 0.25) is 6.29 Å². The van der Waals surface area contributed by atoms with Gasteiger partial charge in [0.05, 0.1) is 23.2 Å². The van der Waals surface area contributed by atoms with Gasteiger partial charge in [0.15, 0.2) is 6.29 Å². The minimum Gasteiger partial charge on any atom is -0.460 e. The summed E-state index contributed by atoms with van der Waals surface area (Å²) in [6, 6.07) is 3.27. The number of halogens is 1. The molecule has 3 rings (SSSR count). The van der Waals surface area contributed by atoms with Crippen LogP contribution in [0.4, 0.5) is 5.69 Å². The van der Waals surface area contributed by atoms with Crippen molar-refractivity contribution in [1.29, 1.82) is 0 Å². The average Bonchev–Trinajstić information content (AvgIpc) is 2.79. The monoisotopic (exact) mass is 497 g/mol. The summed E-state index contributed by atoms with van der Waals surface area (Å²) < 4.78 is 21.5. The van der Waals surface area contributed by atoms with Gasteiger partial charge >= 0.3 is 0 Å². The highest BCUT2D eigenvalue weighted by Crippen LogP contribution is 2.33. The third-order valence-electron chi connectivity index (χ3n) is 5.33. The molecule has 2 heterocycles. The first kappa shape index (κ1) is 25.9. The minimum atomic E-state index is -1.79. The van der Waals surface area contributed by atoms with E-state index in [1.165, 1.54) is 0 Å². The Hall–Kier alpha value is -1.69. The largest absolute Gasteiger partial charge is 0.460 e. The number of nitrogens with zero attached hydrogens (tertiary/aromatic N) is 1. The van der Waals surface area contributed by atoms with Gasteiger partial charge in [0.25, 0.3) is 5.69 Å². The van der Waals surface area contributed by atoms with Gasteiger partial charge in [-0.25, -0.2) is 0 Å². The smallest absolute Gasteiger partial charge is 0.271 e. The van der Waals surface area contributed by atoms with Crippen LogP contribution in [0, 0.1) is 10.1 Å². The Morgan fingerprint density at radius 3 is 2.09 bits per heavy atom. The molecule has 186 valence electrons. The van der Waals surface area contributed by atoms with Crippen LogP contribution in [0.1, 0.15) is 0 Å². The maximum atomic E-state index is 10.8. The van der Waals surface area contributed by atoms with Gasteiger partial charge in [-0.1, -0.05) is 11.6 Å². The van der Waals surface area contributed by atoms with Gasteiger partial charge in [0.1, 0.15) is 54.6 Å². The van der Waals surface area contributed by atoms with Crippen molar-refractivity contribution >= 4 is 17.3 Å². The van der Waals surface area contributed by atoms with Crippen LogP contribution in [0.5, 0.6) is 5.75 Å². The van der Waals surface area contributed by atoms with Gasteiger partial charge in [-0.15, -0.1) is 0 Å². The molecule has 10 atom stereocenters. The SMILES string of the molecule is O=[N+]([O-])c1ccc(O[C@@H]2O[C@H](CO)[C@@H](O[C@@H]3O[C@H](CO)[C@H](O)[C@@H](O)[C@H]3O)[C@H](O)[C@H]2O)c(Cl)c1. The van der Waals surface area contributed by atoms with Gasteiger partial charge in [0, 0.05) is 12.1 Å². The standard InChI is InChI=1S/C18H24ClNO13/c19-7-3-6(20(28)29)1-2-8(7)30-17-15(27)13(25)16(10(5-22)32-17)33-18-14(26)12(24)11(23)9(4-21)31-18/h1-3,9-18,21-27H,4-5H2/t9-,10-,11+,12-,13-,14-,15-,16-,17-,18+/m1/s1. The van der Waals surface area contributed by atoms with Crippen molar-refractivity contribution in [3.05, 3.63) is 33.3 Å². The van der Waals surface area contributed by atoms with E-state index in [1.54, 1.807) is 0 Å². The lowest BCUT2D eigenvalue weighted by Crippen LogP contribution is -2.65. The van der Waals surface area contributed by atoms with Crippen molar-refractivity contribution in [2.24, 2.45) is 0 Å². The van der Waals surface area contributed by atoms with E-state index in [-0.39, 0.29) is 16.5 Å². The van der Waals surface area contributed by atoms with E-state index < -0.39 is 79.5 Å². The Morgan fingerprint density at radius 1 is 0.909 bits per heavy atom. The number of nitro groups is 1. The second-order valence-corrected chi connectivity index (χ2v) is 7.90. The number of benzene rings is 1. The molecular weight excluding hydrogens is 474 g/mol. The van der Waals surface area contributed by atoms with Crippen LogP contribution in [0.3, 0.4) is 0 Å². The fourth-order valence-electron chi connectivity index (χ4n) is 3.48. The first-order chi connectivity index (χ1) is 15.6. The van der Waals surface area contributed by atoms with Crippen molar-refractivity contribution in [1.82, 2.24) is 0 Å².